The van der Waals surface area contributed by atoms with E-state index in [0.29, 0.717) is 0 Å². The minimum Gasteiger partial charge on any atom is -0.0613 e. The first-order valence-corrected chi connectivity index (χ1v) is 11.0. The lowest BCUT2D eigenvalue weighted by molar-refractivity contribution is 0.355. The Bertz CT molecular complexity index is 705. The van der Waals surface area contributed by atoms with Crippen LogP contribution in [0.3, 0.4) is 0 Å². The predicted octanol–water partition coefficient (Wildman–Crippen LogP) is 9.17. The SMILES string of the molecule is CC(C)(C)C(=C(C(C)(C)C)C(C)(C)C)c1cccc(C(C)(C)C)c1C(C)(C)C. The quantitative estimate of drug-likeness (QED) is 0.452. The van der Waals surface area contributed by atoms with Crippen molar-refractivity contribution in [2.24, 2.45) is 16.2 Å². The third-order valence-electron chi connectivity index (χ3n) is 5.39. The molecular formula is C28H48. The van der Waals surface area contributed by atoms with E-state index in [0.717, 1.165) is 0 Å². The van der Waals surface area contributed by atoms with Crippen molar-refractivity contribution in [2.45, 2.75) is 115 Å². The summed E-state index contributed by atoms with van der Waals surface area (Å²) in [6.45, 7) is 35.6. The third kappa shape index (κ3) is 5.52. The summed E-state index contributed by atoms with van der Waals surface area (Å²) in [7, 11) is 0. The van der Waals surface area contributed by atoms with Crippen molar-refractivity contribution >= 4 is 5.57 Å². The highest BCUT2D eigenvalue weighted by Gasteiger charge is 2.38. The van der Waals surface area contributed by atoms with Crippen LogP contribution >= 0.6 is 0 Å². The summed E-state index contributed by atoms with van der Waals surface area (Å²) in [6, 6.07) is 7.01. The molecule has 0 aliphatic carbocycles. The van der Waals surface area contributed by atoms with Crippen molar-refractivity contribution in [3.05, 3.63) is 40.5 Å². The van der Waals surface area contributed by atoms with Gasteiger partial charge in [-0.2, -0.15) is 0 Å². The van der Waals surface area contributed by atoms with Gasteiger partial charge >= 0.3 is 0 Å². The summed E-state index contributed by atoms with van der Waals surface area (Å²) in [5, 5.41) is 0. The highest BCUT2D eigenvalue weighted by Crippen LogP contribution is 2.52. The lowest BCUT2D eigenvalue weighted by Gasteiger charge is -2.43. The molecule has 0 N–H and O–H groups in total. The Balaban J connectivity index is 4.30. The summed E-state index contributed by atoms with van der Waals surface area (Å²) in [6.07, 6.45) is 0. The van der Waals surface area contributed by atoms with E-state index in [1.807, 2.05) is 0 Å². The molecule has 0 heteroatoms. The Morgan fingerprint density at radius 1 is 0.536 bits per heavy atom. The Morgan fingerprint density at radius 3 is 1.25 bits per heavy atom. The molecule has 0 amide bonds. The molecule has 0 aliphatic heterocycles. The number of rotatable bonds is 1. The van der Waals surface area contributed by atoms with Crippen molar-refractivity contribution in [3.8, 4) is 0 Å². The Hall–Kier alpha value is -1.04. The van der Waals surface area contributed by atoms with Gasteiger partial charge in [0.2, 0.25) is 0 Å². The van der Waals surface area contributed by atoms with Crippen LogP contribution in [-0.4, -0.2) is 0 Å². The summed E-state index contributed by atoms with van der Waals surface area (Å²) >= 11 is 0. The summed E-state index contributed by atoms with van der Waals surface area (Å²) in [4.78, 5) is 0. The van der Waals surface area contributed by atoms with Crippen LogP contribution in [0.2, 0.25) is 0 Å². The average molecular weight is 385 g/mol. The van der Waals surface area contributed by atoms with Gasteiger partial charge < -0.3 is 0 Å². The van der Waals surface area contributed by atoms with Crippen LogP contribution in [0.25, 0.3) is 5.57 Å². The Labute approximate surface area is 177 Å². The highest BCUT2D eigenvalue weighted by molar-refractivity contribution is 5.78. The third-order valence-corrected chi connectivity index (χ3v) is 5.39. The largest absolute Gasteiger partial charge is 0.0613 e. The van der Waals surface area contributed by atoms with Gasteiger partial charge in [-0.15, -0.1) is 0 Å². The molecule has 0 saturated carbocycles. The molecular weight excluding hydrogens is 336 g/mol. The van der Waals surface area contributed by atoms with E-state index in [1.54, 1.807) is 5.57 Å². The van der Waals surface area contributed by atoms with Gasteiger partial charge in [0.25, 0.3) is 0 Å². The second-order valence-corrected chi connectivity index (χ2v) is 13.7. The van der Waals surface area contributed by atoms with Gasteiger partial charge in [-0.25, -0.2) is 0 Å². The zero-order valence-electron chi connectivity index (χ0n) is 21.7. The molecule has 0 aliphatic rings. The molecule has 0 unspecified atom stereocenters. The number of benzene rings is 1. The number of hydrogen-bond acceptors (Lipinski definition) is 0. The Morgan fingerprint density at radius 2 is 0.964 bits per heavy atom. The van der Waals surface area contributed by atoms with E-state index in [-0.39, 0.29) is 27.1 Å². The van der Waals surface area contributed by atoms with E-state index in [1.165, 1.54) is 22.3 Å². The van der Waals surface area contributed by atoms with E-state index in [9.17, 15) is 0 Å². The van der Waals surface area contributed by atoms with Crippen LogP contribution in [0.4, 0.5) is 0 Å². The van der Waals surface area contributed by atoms with Crippen LogP contribution in [0.1, 0.15) is 121 Å². The second kappa shape index (κ2) is 7.33. The smallest absolute Gasteiger partial charge is 0.0123 e. The van der Waals surface area contributed by atoms with Crippen LogP contribution in [-0.2, 0) is 10.8 Å². The molecule has 0 spiro atoms. The minimum atomic E-state index is 0.0619. The van der Waals surface area contributed by atoms with Gasteiger partial charge in [0.05, 0.1) is 0 Å². The van der Waals surface area contributed by atoms with E-state index >= 15 is 0 Å². The molecule has 1 rings (SSSR count). The lowest BCUT2D eigenvalue weighted by Crippen LogP contribution is -2.30. The zero-order chi connectivity index (χ0) is 22.5. The monoisotopic (exact) mass is 384 g/mol. The first-order chi connectivity index (χ1) is 12.1. The molecule has 1 aromatic rings. The molecule has 0 fully saturated rings. The predicted molar refractivity (Wildman–Crippen MR) is 129 cm³/mol. The summed E-state index contributed by atoms with van der Waals surface area (Å²) in [5.74, 6) is 0. The average Bonchev–Trinajstić information content (AvgIpc) is 2.37. The maximum Gasteiger partial charge on any atom is -0.0123 e. The lowest BCUT2D eigenvalue weighted by atomic mass is 9.62. The molecule has 0 radical (unpaired) electrons. The molecule has 160 valence electrons. The van der Waals surface area contributed by atoms with Crippen molar-refractivity contribution in [1.82, 2.24) is 0 Å². The first kappa shape index (κ1) is 25.0. The van der Waals surface area contributed by atoms with Gasteiger partial charge in [-0.3, -0.25) is 0 Å². The maximum absolute atomic E-state index is 2.38. The number of hydrogen-bond donors (Lipinski definition) is 0. The van der Waals surface area contributed by atoms with Crippen molar-refractivity contribution < 1.29 is 0 Å². The van der Waals surface area contributed by atoms with Gasteiger partial charge in [0.15, 0.2) is 0 Å². The molecule has 0 nitrogen and oxygen atoms in total. The summed E-state index contributed by atoms with van der Waals surface area (Å²) in [5.41, 5.74) is 8.01. The van der Waals surface area contributed by atoms with Crippen molar-refractivity contribution in [2.75, 3.05) is 0 Å². The molecule has 0 heterocycles. The number of allylic oxidation sites excluding steroid dienone is 2. The van der Waals surface area contributed by atoms with E-state index in [4.69, 9.17) is 0 Å². The maximum atomic E-state index is 2.38. The van der Waals surface area contributed by atoms with Gasteiger partial charge in [0.1, 0.15) is 0 Å². The van der Waals surface area contributed by atoms with E-state index in [2.05, 4.69) is 122 Å². The fraction of sp³-hybridized carbons (Fsp3) is 0.714. The van der Waals surface area contributed by atoms with Gasteiger partial charge in [-0.05, 0) is 49.3 Å². The molecule has 0 bridgehead atoms. The fourth-order valence-corrected chi connectivity index (χ4v) is 4.98. The van der Waals surface area contributed by atoms with Crippen molar-refractivity contribution in [1.29, 1.82) is 0 Å². The molecule has 1 aromatic carbocycles. The molecule has 28 heavy (non-hydrogen) atoms. The van der Waals surface area contributed by atoms with Crippen LogP contribution in [0.15, 0.2) is 23.8 Å². The van der Waals surface area contributed by atoms with Gasteiger partial charge in [0, 0.05) is 0 Å². The second-order valence-electron chi connectivity index (χ2n) is 13.7. The first-order valence-electron chi connectivity index (χ1n) is 11.0. The van der Waals surface area contributed by atoms with Gasteiger partial charge in [-0.1, -0.05) is 128 Å². The van der Waals surface area contributed by atoms with Crippen molar-refractivity contribution in [3.63, 3.8) is 0 Å². The highest BCUT2D eigenvalue weighted by atomic mass is 14.4. The van der Waals surface area contributed by atoms with Crippen LogP contribution in [0, 0.1) is 16.2 Å². The Kier molecular flexibility index (Phi) is 6.55. The minimum absolute atomic E-state index is 0.0619. The zero-order valence-corrected chi connectivity index (χ0v) is 21.7. The molecule has 0 atom stereocenters. The normalized spacial score (nSPS) is 14.2. The van der Waals surface area contributed by atoms with Crippen LogP contribution in [0.5, 0.6) is 0 Å². The topological polar surface area (TPSA) is 0 Å². The molecule has 0 aromatic heterocycles. The van der Waals surface area contributed by atoms with E-state index < -0.39 is 0 Å². The standard InChI is InChI=1S/C28H48/c1-24(2,3)20-18-16-17-19(21(20)25(4,5)6)22(26(7,8)9)23(27(10,11)12)28(13,14)15/h16-18H,1-15H3. The van der Waals surface area contributed by atoms with Crippen LogP contribution < -0.4 is 0 Å². The molecule has 0 saturated heterocycles. The summed E-state index contributed by atoms with van der Waals surface area (Å²) < 4.78 is 0. The fourth-order valence-electron chi connectivity index (χ4n) is 4.98.